The molecule has 0 aliphatic rings. The lowest BCUT2D eigenvalue weighted by molar-refractivity contribution is 0.0989. The van der Waals surface area contributed by atoms with Crippen molar-refractivity contribution in [3.63, 3.8) is 0 Å². The summed E-state index contributed by atoms with van der Waals surface area (Å²) < 4.78 is 0. The first-order valence-corrected chi connectivity index (χ1v) is 6.55. The van der Waals surface area contributed by atoms with Gasteiger partial charge in [-0.25, -0.2) is 0 Å². The number of carbonyl (C=O) groups is 1. The van der Waals surface area contributed by atoms with Crippen molar-refractivity contribution in [1.29, 1.82) is 0 Å². The van der Waals surface area contributed by atoms with Crippen LogP contribution >= 0.6 is 11.3 Å². The fourth-order valence-electron chi connectivity index (χ4n) is 1.65. The minimum Gasteiger partial charge on any atom is -0.292 e. The van der Waals surface area contributed by atoms with Crippen molar-refractivity contribution in [3.8, 4) is 0 Å². The molecule has 0 aromatic carbocycles. The zero-order valence-electron chi connectivity index (χ0n) is 10.1. The van der Waals surface area contributed by atoms with E-state index >= 15 is 0 Å². The molecule has 2 aromatic rings. The quantitative estimate of drug-likeness (QED) is 0.772. The van der Waals surface area contributed by atoms with Crippen molar-refractivity contribution in [2.24, 2.45) is 0 Å². The summed E-state index contributed by atoms with van der Waals surface area (Å²) in [6, 6.07) is 9.69. The van der Waals surface area contributed by atoms with Gasteiger partial charge in [0.2, 0.25) is 0 Å². The molecule has 0 atom stereocenters. The molecular weight excluding hydrogens is 230 g/mol. The molecule has 0 saturated carbocycles. The third-order valence-electron chi connectivity index (χ3n) is 2.57. The van der Waals surface area contributed by atoms with Gasteiger partial charge in [0.1, 0.15) is 5.69 Å². The number of Topliss-reactive ketones (excluding diaryl/α,β-unsaturated/α-hetero) is 1. The van der Waals surface area contributed by atoms with Crippen LogP contribution in [0.5, 0.6) is 0 Å². The van der Waals surface area contributed by atoms with Gasteiger partial charge in [0, 0.05) is 21.9 Å². The van der Waals surface area contributed by atoms with Crippen molar-refractivity contribution in [2.45, 2.75) is 26.7 Å². The molecule has 2 heterocycles. The van der Waals surface area contributed by atoms with Gasteiger partial charge in [-0.05, 0) is 37.6 Å². The maximum Gasteiger partial charge on any atom is 0.186 e. The standard InChI is InChI=1S/C14H15NOS/c1-3-11-7-8-12(17-11)9-14(16)13-6-4-5-10(2)15-13/h4-8H,3,9H2,1-2H3. The van der Waals surface area contributed by atoms with E-state index in [0.29, 0.717) is 12.1 Å². The topological polar surface area (TPSA) is 30.0 Å². The fourth-order valence-corrected chi connectivity index (χ4v) is 2.61. The molecule has 0 spiro atoms. The number of aromatic nitrogens is 1. The van der Waals surface area contributed by atoms with E-state index in [0.717, 1.165) is 17.0 Å². The van der Waals surface area contributed by atoms with Gasteiger partial charge in [0.25, 0.3) is 0 Å². The van der Waals surface area contributed by atoms with Crippen LogP contribution < -0.4 is 0 Å². The third kappa shape index (κ3) is 3.01. The van der Waals surface area contributed by atoms with Gasteiger partial charge < -0.3 is 0 Å². The molecule has 0 saturated heterocycles. The minimum atomic E-state index is 0.0956. The summed E-state index contributed by atoms with van der Waals surface area (Å²) in [6.45, 7) is 4.02. The monoisotopic (exact) mass is 245 g/mol. The number of ketones is 1. The van der Waals surface area contributed by atoms with Crippen LogP contribution in [0.1, 0.15) is 32.9 Å². The zero-order valence-corrected chi connectivity index (χ0v) is 10.9. The Balaban J connectivity index is 2.11. The SMILES string of the molecule is CCc1ccc(CC(=O)c2cccc(C)n2)s1. The van der Waals surface area contributed by atoms with Crippen molar-refractivity contribution in [3.05, 3.63) is 51.5 Å². The molecule has 17 heavy (non-hydrogen) atoms. The van der Waals surface area contributed by atoms with E-state index in [9.17, 15) is 4.79 Å². The van der Waals surface area contributed by atoms with Crippen LogP contribution in [0.2, 0.25) is 0 Å². The normalized spacial score (nSPS) is 10.5. The third-order valence-corrected chi connectivity index (χ3v) is 3.80. The number of carbonyl (C=O) groups excluding carboxylic acids is 1. The van der Waals surface area contributed by atoms with Crippen molar-refractivity contribution in [2.75, 3.05) is 0 Å². The Kier molecular flexibility index (Phi) is 3.69. The molecule has 0 unspecified atom stereocenters. The van der Waals surface area contributed by atoms with E-state index in [1.165, 1.54) is 4.88 Å². The van der Waals surface area contributed by atoms with Crippen LogP contribution in [0, 0.1) is 6.92 Å². The van der Waals surface area contributed by atoms with Gasteiger partial charge >= 0.3 is 0 Å². The van der Waals surface area contributed by atoms with E-state index in [1.54, 1.807) is 17.4 Å². The Bertz CT molecular complexity index is 531. The Morgan fingerprint density at radius 1 is 1.24 bits per heavy atom. The first-order valence-electron chi connectivity index (χ1n) is 5.73. The number of aryl methyl sites for hydroxylation is 2. The summed E-state index contributed by atoms with van der Waals surface area (Å²) in [6.07, 6.45) is 1.49. The number of hydrogen-bond acceptors (Lipinski definition) is 3. The highest BCUT2D eigenvalue weighted by molar-refractivity contribution is 7.12. The van der Waals surface area contributed by atoms with Crippen LogP contribution in [0.15, 0.2) is 30.3 Å². The van der Waals surface area contributed by atoms with E-state index in [1.807, 2.05) is 25.1 Å². The highest BCUT2D eigenvalue weighted by Gasteiger charge is 2.10. The van der Waals surface area contributed by atoms with E-state index in [4.69, 9.17) is 0 Å². The summed E-state index contributed by atoms with van der Waals surface area (Å²) in [5.41, 5.74) is 1.45. The zero-order chi connectivity index (χ0) is 12.3. The van der Waals surface area contributed by atoms with Gasteiger partial charge in [-0.1, -0.05) is 13.0 Å². The number of nitrogens with zero attached hydrogens (tertiary/aromatic N) is 1. The van der Waals surface area contributed by atoms with Crippen molar-refractivity contribution >= 4 is 17.1 Å². The highest BCUT2D eigenvalue weighted by Crippen LogP contribution is 2.18. The van der Waals surface area contributed by atoms with Gasteiger partial charge in [-0.3, -0.25) is 9.78 Å². The van der Waals surface area contributed by atoms with E-state index in [-0.39, 0.29) is 5.78 Å². The second-order valence-electron chi connectivity index (χ2n) is 3.99. The summed E-state index contributed by atoms with van der Waals surface area (Å²) in [5, 5.41) is 0. The lowest BCUT2D eigenvalue weighted by atomic mass is 10.1. The van der Waals surface area contributed by atoms with Crippen LogP contribution in [0.4, 0.5) is 0 Å². The molecule has 0 aliphatic carbocycles. The lowest BCUT2D eigenvalue weighted by Crippen LogP contribution is -2.05. The van der Waals surface area contributed by atoms with Gasteiger partial charge in [-0.2, -0.15) is 0 Å². The summed E-state index contributed by atoms with van der Waals surface area (Å²) in [7, 11) is 0. The summed E-state index contributed by atoms with van der Waals surface area (Å²) in [4.78, 5) is 18.7. The Morgan fingerprint density at radius 3 is 2.65 bits per heavy atom. The van der Waals surface area contributed by atoms with Crippen molar-refractivity contribution in [1.82, 2.24) is 4.98 Å². The maximum absolute atomic E-state index is 12.0. The van der Waals surface area contributed by atoms with E-state index < -0.39 is 0 Å². The van der Waals surface area contributed by atoms with Gasteiger partial charge in [-0.15, -0.1) is 11.3 Å². The average Bonchev–Trinajstić information content (AvgIpc) is 2.77. The molecule has 0 aliphatic heterocycles. The van der Waals surface area contributed by atoms with E-state index in [2.05, 4.69) is 18.0 Å². The van der Waals surface area contributed by atoms with Crippen LogP contribution in [-0.4, -0.2) is 10.8 Å². The second kappa shape index (κ2) is 5.23. The largest absolute Gasteiger partial charge is 0.292 e. The molecule has 3 heteroatoms. The molecule has 0 amide bonds. The molecule has 0 N–H and O–H groups in total. The minimum absolute atomic E-state index is 0.0956. The molecule has 0 radical (unpaired) electrons. The van der Waals surface area contributed by atoms with Gasteiger partial charge in [0.05, 0.1) is 0 Å². The average molecular weight is 245 g/mol. The molecule has 0 bridgehead atoms. The molecular formula is C14H15NOS. The molecule has 2 rings (SSSR count). The molecule has 2 nitrogen and oxygen atoms in total. The predicted octanol–water partition coefficient (Wildman–Crippen LogP) is 3.44. The number of thiophene rings is 1. The first kappa shape index (κ1) is 12.0. The summed E-state index contributed by atoms with van der Waals surface area (Å²) in [5.74, 6) is 0.0956. The lowest BCUT2D eigenvalue weighted by Gasteiger charge is -1.99. The number of pyridine rings is 1. The van der Waals surface area contributed by atoms with Crippen LogP contribution in [0.25, 0.3) is 0 Å². The van der Waals surface area contributed by atoms with Crippen LogP contribution in [0.3, 0.4) is 0 Å². The molecule has 88 valence electrons. The predicted molar refractivity (Wildman–Crippen MR) is 70.7 cm³/mol. The van der Waals surface area contributed by atoms with Crippen LogP contribution in [-0.2, 0) is 12.8 Å². The highest BCUT2D eigenvalue weighted by atomic mass is 32.1. The fraction of sp³-hybridized carbons (Fsp3) is 0.286. The van der Waals surface area contributed by atoms with Gasteiger partial charge in [0.15, 0.2) is 5.78 Å². The maximum atomic E-state index is 12.0. The first-order chi connectivity index (χ1) is 8.19. The Labute approximate surface area is 105 Å². The van der Waals surface area contributed by atoms with Crippen molar-refractivity contribution < 1.29 is 4.79 Å². The smallest absolute Gasteiger partial charge is 0.186 e. The number of hydrogen-bond donors (Lipinski definition) is 0. The summed E-state index contributed by atoms with van der Waals surface area (Å²) >= 11 is 1.71. The second-order valence-corrected chi connectivity index (χ2v) is 5.24. The molecule has 2 aromatic heterocycles. The Morgan fingerprint density at radius 2 is 2.00 bits per heavy atom. The Hall–Kier alpha value is -1.48. The number of rotatable bonds is 4. The molecule has 0 fully saturated rings.